The van der Waals surface area contributed by atoms with Gasteiger partial charge < -0.3 is 11.1 Å². The Morgan fingerprint density at radius 3 is 2.79 bits per heavy atom. The number of benzene rings is 1. The molecule has 0 saturated carbocycles. The molecule has 4 nitrogen and oxygen atoms in total. The van der Waals surface area contributed by atoms with E-state index in [4.69, 9.17) is 5.73 Å². The molecule has 19 heavy (non-hydrogen) atoms. The Morgan fingerprint density at radius 2 is 2.05 bits per heavy atom. The summed E-state index contributed by atoms with van der Waals surface area (Å²) < 4.78 is 0. The van der Waals surface area contributed by atoms with E-state index in [-0.39, 0.29) is 6.04 Å². The summed E-state index contributed by atoms with van der Waals surface area (Å²) in [5.74, 6) is 0.842. The van der Waals surface area contributed by atoms with E-state index < -0.39 is 0 Å². The summed E-state index contributed by atoms with van der Waals surface area (Å²) in [4.78, 5) is 8.50. The molecule has 0 spiro atoms. The van der Waals surface area contributed by atoms with Crippen molar-refractivity contribution in [1.29, 1.82) is 0 Å². The SMILES string of the molecule is CCCc1cc(NC(C)c2ccccc2N)ncn1. The van der Waals surface area contributed by atoms with Crippen molar-refractivity contribution in [2.24, 2.45) is 0 Å². The number of nitrogens with zero attached hydrogens (tertiary/aromatic N) is 2. The van der Waals surface area contributed by atoms with Gasteiger partial charge in [-0.1, -0.05) is 31.5 Å². The lowest BCUT2D eigenvalue weighted by atomic mass is 10.1. The number of anilines is 2. The van der Waals surface area contributed by atoms with Crippen LogP contribution in [-0.2, 0) is 6.42 Å². The highest BCUT2D eigenvalue weighted by atomic mass is 15.0. The summed E-state index contributed by atoms with van der Waals surface area (Å²) in [7, 11) is 0. The molecule has 0 saturated heterocycles. The van der Waals surface area contributed by atoms with Crippen molar-refractivity contribution in [3.63, 3.8) is 0 Å². The number of hydrogen-bond donors (Lipinski definition) is 2. The lowest BCUT2D eigenvalue weighted by molar-refractivity contribution is 0.850. The smallest absolute Gasteiger partial charge is 0.130 e. The first kappa shape index (κ1) is 13.3. The van der Waals surface area contributed by atoms with Gasteiger partial charge in [0.15, 0.2) is 0 Å². The number of aryl methyl sites for hydroxylation is 1. The van der Waals surface area contributed by atoms with Crippen molar-refractivity contribution >= 4 is 11.5 Å². The normalized spacial score (nSPS) is 12.1. The molecule has 1 heterocycles. The molecule has 0 fully saturated rings. The summed E-state index contributed by atoms with van der Waals surface area (Å²) in [6, 6.07) is 9.99. The topological polar surface area (TPSA) is 63.8 Å². The Bertz CT molecular complexity index is 539. The van der Waals surface area contributed by atoms with E-state index in [2.05, 4.69) is 29.1 Å². The lowest BCUT2D eigenvalue weighted by Crippen LogP contribution is -2.10. The van der Waals surface area contributed by atoms with Crippen LogP contribution in [0.25, 0.3) is 0 Å². The first-order valence-corrected chi connectivity index (χ1v) is 6.62. The average molecular weight is 256 g/mol. The predicted octanol–water partition coefficient (Wildman–Crippen LogP) is 3.18. The summed E-state index contributed by atoms with van der Waals surface area (Å²) in [6.45, 7) is 4.22. The fraction of sp³-hybridized carbons (Fsp3) is 0.333. The minimum absolute atomic E-state index is 0.116. The standard InChI is InChI=1S/C15H20N4/c1-3-6-12-9-15(18-10-17-12)19-11(2)13-7-4-5-8-14(13)16/h4-5,7-11H,3,6,16H2,1-2H3,(H,17,18,19). The van der Waals surface area contributed by atoms with Gasteiger partial charge in [-0.15, -0.1) is 0 Å². The second-order valence-corrected chi connectivity index (χ2v) is 4.64. The summed E-state index contributed by atoms with van der Waals surface area (Å²) in [6.07, 6.45) is 3.66. The molecular weight excluding hydrogens is 236 g/mol. The van der Waals surface area contributed by atoms with E-state index in [1.807, 2.05) is 30.3 Å². The van der Waals surface area contributed by atoms with Crippen molar-refractivity contribution in [3.8, 4) is 0 Å². The van der Waals surface area contributed by atoms with E-state index in [0.717, 1.165) is 35.6 Å². The third kappa shape index (κ3) is 3.44. The highest BCUT2D eigenvalue weighted by molar-refractivity contribution is 5.51. The van der Waals surface area contributed by atoms with Gasteiger partial charge >= 0.3 is 0 Å². The van der Waals surface area contributed by atoms with Crippen LogP contribution in [-0.4, -0.2) is 9.97 Å². The zero-order chi connectivity index (χ0) is 13.7. The Morgan fingerprint density at radius 1 is 1.26 bits per heavy atom. The number of hydrogen-bond acceptors (Lipinski definition) is 4. The molecule has 0 aliphatic carbocycles. The molecule has 2 aromatic rings. The summed E-state index contributed by atoms with van der Waals surface area (Å²) in [5, 5.41) is 3.37. The molecule has 0 aliphatic heterocycles. The van der Waals surface area contributed by atoms with E-state index in [1.54, 1.807) is 6.33 Å². The fourth-order valence-electron chi connectivity index (χ4n) is 2.07. The molecule has 2 rings (SSSR count). The Kier molecular flexibility index (Phi) is 4.34. The Hall–Kier alpha value is -2.10. The molecule has 0 amide bonds. The van der Waals surface area contributed by atoms with Crippen molar-refractivity contribution < 1.29 is 0 Å². The van der Waals surface area contributed by atoms with Crippen LogP contribution in [0.2, 0.25) is 0 Å². The van der Waals surface area contributed by atoms with Gasteiger partial charge in [-0.05, 0) is 25.0 Å². The van der Waals surface area contributed by atoms with E-state index >= 15 is 0 Å². The maximum atomic E-state index is 5.98. The average Bonchev–Trinajstić information content (AvgIpc) is 2.40. The minimum atomic E-state index is 0.116. The third-order valence-electron chi connectivity index (χ3n) is 3.06. The largest absolute Gasteiger partial charge is 0.398 e. The van der Waals surface area contributed by atoms with Gasteiger partial charge in [0.1, 0.15) is 12.1 Å². The number of nitrogens with one attached hydrogen (secondary N) is 1. The van der Waals surface area contributed by atoms with Gasteiger partial charge in [-0.3, -0.25) is 0 Å². The van der Waals surface area contributed by atoms with Crippen molar-refractivity contribution in [3.05, 3.63) is 47.9 Å². The number of rotatable bonds is 5. The molecule has 0 radical (unpaired) electrons. The summed E-state index contributed by atoms with van der Waals surface area (Å²) >= 11 is 0. The van der Waals surface area contributed by atoms with E-state index in [0.29, 0.717) is 0 Å². The van der Waals surface area contributed by atoms with Gasteiger partial charge in [0.2, 0.25) is 0 Å². The van der Waals surface area contributed by atoms with Crippen molar-refractivity contribution in [2.75, 3.05) is 11.1 Å². The Balaban J connectivity index is 2.12. The maximum Gasteiger partial charge on any atom is 0.130 e. The molecule has 4 heteroatoms. The van der Waals surface area contributed by atoms with Crippen molar-refractivity contribution in [2.45, 2.75) is 32.7 Å². The van der Waals surface area contributed by atoms with Crippen LogP contribution in [0.15, 0.2) is 36.7 Å². The predicted molar refractivity (Wildman–Crippen MR) is 78.9 cm³/mol. The number of aromatic nitrogens is 2. The monoisotopic (exact) mass is 256 g/mol. The molecule has 0 bridgehead atoms. The number of nitrogen functional groups attached to an aromatic ring is 1. The van der Waals surface area contributed by atoms with Crippen LogP contribution < -0.4 is 11.1 Å². The molecule has 1 atom stereocenters. The van der Waals surface area contributed by atoms with Gasteiger partial charge in [0.25, 0.3) is 0 Å². The highest BCUT2D eigenvalue weighted by Crippen LogP contribution is 2.23. The molecular formula is C15H20N4. The lowest BCUT2D eigenvalue weighted by Gasteiger charge is -2.17. The molecule has 1 aromatic heterocycles. The van der Waals surface area contributed by atoms with Crippen LogP contribution in [0.5, 0.6) is 0 Å². The first-order valence-electron chi connectivity index (χ1n) is 6.62. The quantitative estimate of drug-likeness (QED) is 0.806. The van der Waals surface area contributed by atoms with Crippen LogP contribution in [0, 0.1) is 0 Å². The van der Waals surface area contributed by atoms with E-state index in [1.165, 1.54) is 0 Å². The second-order valence-electron chi connectivity index (χ2n) is 4.64. The van der Waals surface area contributed by atoms with Gasteiger partial charge in [0, 0.05) is 17.4 Å². The van der Waals surface area contributed by atoms with Crippen LogP contribution >= 0.6 is 0 Å². The molecule has 1 aromatic carbocycles. The third-order valence-corrected chi connectivity index (χ3v) is 3.06. The van der Waals surface area contributed by atoms with Gasteiger partial charge in [0.05, 0.1) is 6.04 Å². The summed E-state index contributed by atoms with van der Waals surface area (Å²) in [5.41, 5.74) is 8.92. The van der Waals surface area contributed by atoms with E-state index in [9.17, 15) is 0 Å². The van der Waals surface area contributed by atoms with Gasteiger partial charge in [-0.25, -0.2) is 9.97 Å². The first-order chi connectivity index (χ1) is 9.20. The van der Waals surface area contributed by atoms with Crippen molar-refractivity contribution in [1.82, 2.24) is 9.97 Å². The molecule has 3 N–H and O–H groups in total. The van der Waals surface area contributed by atoms with Crippen LogP contribution in [0.3, 0.4) is 0 Å². The van der Waals surface area contributed by atoms with Crippen LogP contribution in [0.1, 0.15) is 37.6 Å². The highest BCUT2D eigenvalue weighted by Gasteiger charge is 2.09. The van der Waals surface area contributed by atoms with Gasteiger partial charge in [-0.2, -0.15) is 0 Å². The molecule has 0 aliphatic rings. The fourth-order valence-corrected chi connectivity index (χ4v) is 2.07. The Labute approximate surface area is 114 Å². The second kappa shape index (κ2) is 6.18. The molecule has 1 unspecified atom stereocenters. The minimum Gasteiger partial charge on any atom is -0.398 e. The number of para-hydroxylation sites is 1. The van der Waals surface area contributed by atoms with Crippen LogP contribution in [0.4, 0.5) is 11.5 Å². The maximum absolute atomic E-state index is 5.98. The zero-order valence-corrected chi connectivity index (χ0v) is 11.4. The zero-order valence-electron chi connectivity index (χ0n) is 11.4. The number of nitrogens with two attached hydrogens (primary N) is 1. The molecule has 100 valence electrons.